The van der Waals surface area contributed by atoms with Gasteiger partial charge in [0.2, 0.25) is 0 Å². The largest absolute Gasteiger partial charge is 0.508 e. The van der Waals surface area contributed by atoms with Gasteiger partial charge in [-0.3, -0.25) is 9.59 Å². The first-order valence-electron chi connectivity index (χ1n) is 6.78. The molecule has 0 atom stereocenters. The monoisotopic (exact) mass is 296 g/mol. The molecule has 0 bridgehead atoms. The maximum Gasteiger partial charge on any atom is 0.193 e. The van der Waals surface area contributed by atoms with Crippen LogP contribution in [0.1, 0.15) is 45.7 Å². The Balaban J connectivity index is 2.58. The molecule has 0 saturated heterocycles. The number of phenolic OH excluding ortho intramolecular Hbond substituents is 2. The zero-order valence-electron chi connectivity index (χ0n) is 12.3. The summed E-state index contributed by atoms with van der Waals surface area (Å²) in [5.74, 6) is -0.653. The van der Waals surface area contributed by atoms with Gasteiger partial charge < -0.3 is 10.2 Å². The summed E-state index contributed by atoms with van der Waals surface area (Å²) in [6.45, 7) is 3.17. The van der Waals surface area contributed by atoms with Crippen LogP contribution < -0.4 is 0 Å². The zero-order chi connectivity index (χ0) is 16.3. The summed E-state index contributed by atoms with van der Waals surface area (Å²) in [4.78, 5) is 24.4. The number of phenols is 2. The molecular weight excluding hydrogens is 280 g/mol. The van der Waals surface area contributed by atoms with Gasteiger partial charge in [0.15, 0.2) is 11.6 Å². The van der Waals surface area contributed by atoms with Gasteiger partial charge in [-0.05, 0) is 50.2 Å². The Hall–Kier alpha value is -2.88. The van der Waals surface area contributed by atoms with Crippen molar-refractivity contribution in [2.45, 2.75) is 13.8 Å². The van der Waals surface area contributed by atoms with Crippen molar-refractivity contribution < 1.29 is 19.8 Å². The summed E-state index contributed by atoms with van der Waals surface area (Å²) in [6, 6.07) is 8.55. The second-order valence-corrected chi connectivity index (χ2v) is 4.89. The number of hydrogen-bond donors (Lipinski definition) is 2. The van der Waals surface area contributed by atoms with Crippen molar-refractivity contribution in [3.8, 4) is 11.5 Å². The Morgan fingerprint density at radius 1 is 1.00 bits per heavy atom. The second-order valence-electron chi connectivity index (χ2n) is 4.89. The molecule has 4 heteroatoms. The molecule has 0 heterocycles. The van der Waals surface area contributed by atoms with Gasteiger partial charge in [-0.15, -0.1) is 0 Å². The molecule has 4 nitrogen and oxygen atoms in total. The number of benzene rings is 2. The van der Waals surface area contributed by atoms with Crippen LogP contribution in [0.3, 0.4) is 0 Å². The Morgan fingerprint density at radius 2 is 1.64 bits per heavy atom. The van der Waals surface area contributed by atoms with Crippen LogP contribution in [0, 0.1) is 0 Å². The van der Waals surface area contributed by atoms with E-state index in [1.54, 1.807) is 19.1 Å². The van der Waals surface area contributed by atoms with E-state index < -0.39 is 0 Å². The van der Waals surface area contributed by atoms with Gasteiger partial charge in [-0.25, -0.2) is 0 Å². The number of ketones is 2. The predicted molar refractivity (Wildman–Crippen MR) is 84.4 cm³/mol. The van der Waals surface area contributed by atoms with Crippen LogP contribution in [0.15, 0.2) is 42.5 Å². The summed E-state index contributed by atoms with van der Waals surface area (Å²) in [5.41, 5.74) is 1.21. The Labute approximate surface area is 128 Å². The van der Waals surface area contributed by atoms with E-state index in [0.29, 0.717) is 11.1 Å². The molecule has 0 radical (unpaired) electrons. The van der Waals surface area contributed by atoms with Crippen LogP contribution in [-0.4, -0.2) is 21.8 Å². The van der Waals surface area contributed by atoms with Crippen LogP contribution in [0.5, 0.6) is 11.5 Å². The summed E-state index contributed by atoms with van der Waals surface area (Å²) in [6.07, 6.45) is 3.40. The molecule has 0 unspecified atom stereocenters. The predicted octanol–water partition coefficient (Wildman–Crippen LogP) is 3.56. The van der Waals surface area contributed by atoms with E-state index in [9.17, 15) is 19.8 Å². The van der Waals surface area contributed by atoms with Crippen molar-refractivity contribution in [3.05, 3.63) is 64.7 Å². The fraction of sp³-hybridized carbons (Fsp3) is 0.111. The Kier molecular flexibility index (Phi) is 4.41. The molecule has 0 aliphatic heterocycles. The lowest BCUT2D eigenvalue weighted by Gasteiger charge is -2.10. The van der Waals surface area contributed by atoms with Crippen LogP contribution in [-0.2, 0) is 0 Å². The average Bonchev–Trinajstić information content (AvgIpc) is 2.49. The number of Topliss-reactive ketones (excluding diaryl/α,β-unsaturated/α-hetero) is 1. The molecule has 0 fully saturated rings. The Bertz CT molecular complexity index is 755. The zero-order valence-corrected chi connectivity index (χ0v) is 12.3. The first-order chi connectivity index (χ1) is 10.4. The number of allylic oxidation sites excluding steroid dienone is 1. The SMILES string of the molecule is C/C=C/c1cc(C(C)=O)c(C(=O)c2ccc(O)cc2)cc1O. The van der Waals surface area contributed by atoms with E-state index in [1.165, 1.54) is 43.3 Å². The van der Waals surface area contributed by atoms with Crippen molar-refractivity contribution in [2.24, 2.45) is 0 Å². The number of carbonyl (C=O) groups excluding carboxylic acids is 2. The normalized spacial score (nSPS) is 10.8. The quantitative estimate of drug-likeness (QED) is 0.846. The second kappa shape index (κ2) is 6.26. The average molecular weight is 296 g/mol. The molecule has 2 rings (SSSR count). The van der Waals surface area contributed by atoms with Crippen molar-refractivity contribution in [3.63, 3.8) is 0 Å². The highest BCUT2D eigenvalue weighted by Gasteiger charge is 2.19. The minimum Gasteiger partial charge on any atom is -0.508 e. The van der Waals surface area contributed by atoms with Gasteiger partial charge in [0.1, 0.15) is 11.5 Å². The van der Waals surface area contributed by atoms with Gasteiger partial charge in [0.25, 0.3) is 0 Å². The smallest absolute Gasteiger partial charge is 0.193 e. The van der Waals surface area contributed by atoms with Crippen molar-refractivity contribution in [1.82, 2.24) is 0 Å². The van der Waals surface area contributed by atoms with E-state index >= 15 is 0 Å². The van der Waals surface area contributed by atoms with Crippen LogP contribution in [0.4, 0.5) is 0 Å². The summed E-state index contributed by atoms with van der Waals surface area (Å²) in [7, 11) is 0. The third-order valence-electron chi connectivity index (χ3n) is 3.27. The highest BCUT2D eigenvalue weighted by Crippen LogP contribution is 2.26. The fourth-order valence-electron chi connectivity index (χ4n) is 2.17. The van der Waals surface area contributed by atoms with Crippen molar-refractivity contribution >= 4 is 17.6 Å². The van der Waals surface area contributed by atoms with Crippen LogP contribution in [0.25, 0.3) is 6.08 Å². The number of rotatable bonds is 4. The van der Waals surface area contributed by atoms with Gasteiger partial charge in [0, 0.05) is 22.3 Å². The van der Waals surface area contributed by atoms with E-state index in [-0.39, 0.29) is 34.2 Å². The van der Waals surface area contributed by atoms with E-state index in [1.807, 2.05) is 0 Å². The van der Waals surface area contributed by atoms with Crippen molar-refractivity contribution in [2.75, 3.05) is 0 Å². The molecule has 0 aliphatic carbocycles. The minimum atomic E-state index is -0.382. The lowest BCUT2D eigenvalue weighted by molar-refractivity contribution is 0.0990. The molecule has 0 amide bonds. The molecule has 0 aliphatic rings. The third kappa shape index (κ3) is 3.06. The number of carbonyl (C=O) groups is 2. The first-order valence-corrected chi connectivity index (χ1v) is 6.78. The topological polar surface area (TPSA) is 74.6 Å². The molecule has 2 aromatic rings. The molecule has 0 aromatic heterocycles. The maximum absolute atomic E-state index is 12.5. The van der Waals surface area contributed by atoms with E-state index in [2.05, 4.69) is 0 Å². The van der Waals surface area contributed by atoms with Crippen molar-refractivity contribution in [1.29, 1.82) is 0 Å². The third-order valence-corrected chi connectivity index (χ3v) is 3.27. The summed E-state index contributed by atoms with van der Waals surface area (Å²) >= 11 is 0. The van der Waals surface area contributed by atoms with Gasteiger partial charge >= 0.3 is 0 Å². The highest BCUT2D eigenvalue weighted by atomic mass is 16.3. The van der Waals surface area contributed by atoms with Crippen LogP contribution >= 0.6 is 0 Å². The number of aromatic hydroxyl groups is 2. The first kappa shape index (κ1) is 15.5. The van der Waals surface area contributed by atoms with Gasteiger partial charge in [-0.1, -0.05) is 12.2 Å². The lowest BCUT2D eigenvalue weighted by atomic mass is 9.94. The minimum absolute atomic E-state index is 0.0506. The van der Waals surface area contributed by atoms with E-state index in [0.717, 1.165) is 0 Å². The molecule has 22 heavy (non-hydrogen) atoms. The molecule has 112 valence electrons. The number of hydrogen-bond acceptors (Lipinski definition) is 4. The van der Waals surface area contributed by atoms with Gasteiger partial charge in [-0.2, -0.15) is 0 Å². The molecule has 2 aromatic carbocycles. The lowest BCUT2D eigenvalue weighted by Crippen LogP contribution is -2.09. The maximum atomic E-state index is 12.5. The molecule has 2 N–H and O–H groups in total. The highest BCUT2D eigenvalue weighted by molar-refractivity contribution is 6.15. The Morgan fingerprint density at radius 3 is 2.18 bits per heavy atom. The van der Waals surface area contributed by atoms with E-state index in [4.69, 9.17) is 0 Å². The van der Waals surface area contributed by atoms with Crippen LogP contribution in [0.2, 0.25) is 0 Å². The standard InChI is InChI=1S/C18H16O4/c1-3-4-13-9-15(11(2)19)16(10-17(13)21)18(22)12-5-7-14(20)8-6-12/h3-10,20-21H,1-2H3/b4-3+. The molecular formula is C18H16O4. The summed E-state index contributed by atoms with van der Waals surface area (Å²) < 4.78 is 0. The molecule has 0 spiro atoms. The fourth-order valence-corrected chi connectivity index (χ4v) is 2.17. The summed E-state index contributed by atoms with van der Waals surface area (Å²) in [5, 5.41) is 19.3. The van der Waals surface area contributed by atoms with Gasteiger partial charge in [0.05, 0.1) is 0 Å². The molecule has 0 saturated carbocycles.